The van der Waals surface area contributed by atoms with Crippen molar-refractivity contribution in [3.8, 4) is 0 Å². The van der Waals surface area contributed by atoms with Gasteiger partial charge in [-0.2, -0.15) is 0 Å². The summed E-state index contributed by atoms with van der Waals surface area (Å²) in [6.07, 6.45) is 0. The molecule has 1 aliphatic rings. The Labute approximate surface area is 194 Å². The van der Waals surface area contributed by atoms with E-state index in [2.05, 4.69) is 26.1 Å². The predicted molar refractivity (Wildman–Crippen MR) is 128 cm³/mol. The Bertz CT molecular complexity index is 956. The van der Waals surface area contributed by atoms with Crippen LogP contribution in [0.5, 0.6) is 0 Å². The number of nitrogens with one attached hydrogen (secondary N) is 1. The molecular formula is C25H32FN3O2S. The summed E-state index contributed by atoms with van der Waals surface area (Å²) in [5.74, 6) is -0.305. The molecule has 1 N–H and O–H groups in total. The molecule has 0 bridgehead atoms. The largest absolute Gasteiger partial charge is 0.353 e. The number of likely N-dealkylation sites (N-methyl/N-ethyl adjacent to an activating group) is 1. The number of carbonyl (C=O) groups is 2. The van der Waals surface area contributed by atoms with Gasteiger partial charge in [-0.15, -0.1) is 11.8 Å². The Balaban J connectivity index is 1.90. The first-order valence-corrected chi connectivity index (χ1v) is 11.9. The SMILES string of the molecule is CN(C)CCNC(=O)C1CSC(c2cccc(F)c2)N1C(=O)c1ccc(C(C)(C)C)cc1. The third-order valence-electron chi connectivity index (χ3n) is 5.53. The van der Waals surface area contributed by atoms with Crippen LogP contribution in [-0.4, -0.2) is 60.6 Å². The lowest BCUT2D eigenvalue weighted by Gasteiger charge is -2.29. The molecule has 2 atom stereocenters. The van der Waals surface area contributed by atoms with Gasteiger partial charge in [-0.05, 0) is 54.9 Å². The summed E-state index contributed by atoms with van der Waals surface area (Å²) in [4.78, 5) is 30.2. The van der Waals surface area contributed by atoms with E-state index in [1.807, 2.05) is 43.3 Å². The molecule has 1 fully saturated rings. The van der Waals surface area contributed by atoms with E-state index in [0.29, 0.717) is 30.0 Å². The van der Waals surface area contributed by atoms with E-state index in [1.165, 1.54) is 23.9 Å². The van der Waals surface area contributed by atoms with E-state index in [1.54, 1.807) is 17.0 Å². The quantitative estimate of drug-likeness (QED) is 0.711. The molecular weight excluding hydrogens is 425 g/mol. The molecule has 32 heavy (non-hydrogen) atoms. The van der Waals surface area contributed by atoms with Crippen molar-refractivity contribution in [2.75, 3.05) is 32.9 Å². The average Bonchev–Trinajstić information content (AvgIpc) is 3.17. The molecule has 2 aromatic rings. The van der Waals surface area contributed by atoms with Gasteiger partial charge in [-0.25, -0.2) is 4.39 Å². The molecule has 7 heteroatoms. The number of nitrogens with zero attached hydrogens (tertiary/aromatic N) is 2. The van der Waals surface area contributed by atoms with Crippen LogP contribution in [0.2, 0.25) is 0 Å². The summed E-state index contributed by atoms with van der Waals surface area (Å²) < 4.78 is 13.9. The van der Waals surface area contributed by atoms with Crippen LogP contribution >= 0.6 is 11.8 Å². The normalized spacial score (nSPS) is 18.8. The number of carbonyl (C=O) groups excluding carboxylic acids is 2. The number of amides is 2. The van der Waals surface area contributed by atoms with Crippen LogP contribution < -0.4 is 5.32 Å². The Morgan fingerprint density at radius 1 is 1.16 bits per heavy atom. The lowest BCUT2D eigenvalue weighted by Crippen LogP contribution is -2.49. The van der Waals surface area contributed by atoms with Crippen LogP contribution in [0.4, 0.5) is 4.39 Å². The van der Waals surface area contributed by atoms with Gasteiger partial charge in [0.2, 0.25) is 5.91 Å². The van der Waals surface area contributed by atoms with Crippen LogP contribution in [0.3, 0.4) is 0 Å². The van der Waals surface area contributed by atoms with Crippen LogP contribution in [0.15, 0.2) is 48.5 Å². The monoisotopic (exact) mass is 457 g/mol. The second-order valence-corrected chi connectivity index (χ2v) is 10.5. The van der Waals surface area contributed by atoms with Crippen molar-refractivity contribution in [2.24, 2.45) is 0 Å². The molecule has 0 saturated carbocycles. The fourth-order valence-electron chi connectivity index (χ4n) is 3.66. The second kappa shape index (κ2) is 10.0. The smallest absolute Gasteiger partial charge is 0.255 e. The molecule has 172 valence electrons. The van der Waals surface area contributed by atoms with E-state index in [4.69, 9.17) is 0 Å². The van der Waals surface area contributed by atoms with Crippen LogP contribution in [0, 0.1) is 5.82 Å². The first kappa shape index (κ1) is 24.3. The zero-order chi connectivity index (χ0) is 23.5. The van der Waals surface area contributed by atoms with Gasteiger partial charge in [-0.3, -0.25) is 9.59 Å². The number of hydrogen-bond acceptors (Lipinski definition) is 4. The molecule has 3 rings (SSSR count). The van der Waals surface area contributed by atoms with Gasteiger partial charge in [0.15, 0.2) is 0 Å². The average molecular weight is 458 g/mol. The fourth-order valence-corrected chi connectivity index (χ4v) is 5.07. The first-order valence-electron chi connectivity index (χ1n) is 10.8. The van der Waals surface area contributed by atoms with Crippen molar-refractivity contribution in [1.82, 2.24) is 15.1 Å². The van der Waals surface area contributed by atoms with Crippen LogP contribution in [0.25, 0.3) is 0 Å². The van der Waals surface area contributed by atoms with Gasteiger partial charge < -0.3 is 15.1 Å². The summed E-state index contributed by atoms with van der Waals surface area (Å²) in [6.45, 7) is 7.57. The zero-order valence-corrected chi connectivity index (χ0v) is 20.2. The van der Waals surface area contributed by atoms with Gasteiger partial charge in [0, 0.05) is 24.4 Å². The molecule has 0 aromatic heterocycles. The van der Waals surface area contributed by atoms with Gasteiger partial charge in [-0.1, -0.05) is 45.0 Å². The lowest BCUT2D eigenvalue weighted by molar-refractivity contribution is -0.124. The van der Waals surface area contributed by atoms with Crippen molar-refractivity contribution >= 4 is 23.6 Å². The van der Waals surface area contributed by atoms with E-state index < -0.39 is 11.4 Å². The van der Waals surface area contributed by atoms with Crippen molar-refractivity contribution in [3.05, 3.63) is 71.0 Å². The van der Waals surface area contributed by atoms with Crippen molar-refractivity contribution in [3.63, 3.8) is 0 Å². The number of thioether (sulfide) groups is 1. The topological polar surface area (TPSA) is 52.7 Å². The Hall–Kier alpha value is -2.38. The molecule has 1 saturated heterocycles. The highest BCUT2D eigenvalue weighted by atomic mass is 32.2. The van der Waals surface area contributed by atoms with E-state index in [0.717, 1.165) is 5.56 Å². The maximum atomic E-state index is 13.9. The Morgan fingerprint density at radius 2 is 1.84 bits per heavy atom. The third-order valence-corrected chi connectivity index (χ3v) is 6.85. The first-order chi connectivity index (χ1) is 15.1. The fraction of sp³-hybridized carbons (Fsp3) is 0.440. The van der Waals surface area contributed by atoms with Gasteiger partial charge in [0.1, 0.15) is 17.2 Å². The number of hydrogen-bond donors (Lipinski definition) is 1. The van der Waals surface area contributed by atoms with Crippen molar-refractivity contribution in [1.29, 1.82) is 0 Å². The minimum Gasteiger partial charge on any atom is -0.353 e. The van der Waals surface area contributed by atoms with Gasteiger partial charge in [0.25, 0.3) is 5.91 Å². The Morgan fingerprint density at radius 3 is 2.44 bits per heavy atom. The maximum Gasteiger partial charge on any atom is 0.255 e. The molecule has 5 nitrogen and oxygen atoms in total. The molecule has 1 heterocycles. The highest BCUT2D eigenvalue weighted by molar-refractivity contribution is 7.99. The van der Waals surface area contributed by atoms with E-state index in [-0.39, 0.29) is 23.0 Å². The summed E-state index contributed by atoms with van der Waals surface area (Å²) in [7, 11) is 3.88. The second-order valence-electron chi connectivity index (χ2n) is 9.39. The standard InChI is InChI=1S/C25H32FN3O2S/c1-25(2,3)19-11-9-17(10-12-19)23(31)29-21(22(30)27-13-14-28(4)5)16-32-24(29)18-7-6-8-20(26)15-18/h6-12,15,21,24H,13-14,16H2,1-5H3,(H,27,30). The minimum absolute atomic E-state index is 0.0238. The Kier molecular flexibility index (Phi) is 7.62. The van der Waals surface area contributed by atoms with Crippen molar-refractivity contribution < 1.29 is 14.0 Å². The van der Waals surface area contributed by atoms with Crippen molar-refractivity contribution in [2.45, 2.75) is 37.6 Å². The molecule has 0 spiro atoms. The van der Waals surface area contributed by atoms with Gasteiger partial charge >= 0.3 is 0 Å². The molecule has 2 unspecified atom stereocenters. The highest BCUT2D eigenvalue weighted by Crippen LogP contribution is 2.42. The number of benzene rings is 2. The van der Waals surface area contributed by atoms with Gasteiger partial charge in [0.05, 0.1) is 0 Å². The van der Waals surface area contributed by atoms with Crippen LogP contribution in [-0.2, 0) is 10.2 Å². The highest BCUT2D eigenvalue weighted by Gasteiger charge is 2.42. The maximum absolute atomic E-state index is 13.9. The molecule has 2 aromatic carbocycles. The molecule has 0 aliphatic carbocycles. The lowest BCUT2D eigenvalue weighted by atomic mass is 9.86. The summed E-state index contributed by atoms with van der Waals surface area (Å²) in [5.41, 5.74) is 2.31. The van der Waals surface area contributed by atoms with E-state index in [9.17, 15) is 14.0 Å². The summed E-state index contributed by atoms with van der Waals surface area (Å²) >= 11 is 1.49. The summed E-state index contributed by atoms with van der Waals surface area (Å²) in [6, 6.07) is 13.2. The minimum atomic E-state index is -0.620. The number of halogens is 1. The molecule has 2 amide bonds. The zero-order valence-electron chi connectivity index (χ0n) is 19.4. The number of rotatable bonds is 6. The molecule has 0 radical (unpaired) electrons. The summed E-state index contributed by atoms with van der Waals surface area (Å²) in [5, 5.41) is 2.52. The van der Waals surface area contributed by atoms with E-state index >= 15 is 0 Å². The molecule has 1 aliphatic heterocycles. The third kappa shape index (κ3) is 5.70. The predicted octanol–water partition coefficient (Wildman–Crippen LogP) is 4.06. The van der Waals surface area contributed by atoms with Crippen LogP contribution in [0.1, 0.15) is 47.6 Å².